The van der Waals surface area contributed by atoms with Crippen LogP contribution in [-0.4, -0.2) is 20.3 Å². The molecule has 0 amide bonds. The molecule has 2 nitrogen and oxygen atoms in total. The molecule has 15 heavy (non-hydrogen) atoms. The molecule has 2 N–H and O–H groups in total. The maximum absolute atomic E-state index is 5.85. The van der Waals surface area contributed by atoms with E-state index < -0.39 is 0 Å². The Kier molecular flexibility index (Phi) is 3.89. The van der Waals surface area contributed by atoms with Gasteiger partial charge in [-0.05, 0) is 25.0 Å². The molecule has 1 atom stereocenters. The van der Waals surface area contributed by atoms with Gasteiger partial charge in [0.1, 0.15) is 0 Å². The van der Waals surface area contributed by atoms with E-state index in [0.717, 1.165) is 0 Å². The van der Waals surface area contributed by atoms with Gasteiger partial charge in [-0.25, -0.2) is 0 Å². The Morgan fingerprint density at radius 3 is 2.47 bits per heavy atom. The van der Waals surface area contributed by atoms with E-state index in [1.54, 1.807) is 7.11 Å². The van der Waals surface area contributed by atoms with Crippen molar-refractivity contribution in [3.63, 3.8) is 0 Å². The third-order valence-electron chi connectivity index (χ3n) is 2.95. The lowest BCUT2D eigenvalue weighted by Gasteiger charge is -2.29. The number of methoxy groups -OCH3 is 1. The van der Waals surface area contributed by atoms with Crippen molar-refractivity contribution in [2.45, 2.75) is 26.2 Å². The summed E-state index contributed by atoms with van der Waals surface area (Å²) in [5, 5.41) is 0. The van der Waals surface area contributed by atoms with E-state index in [1.165, 1.54) is 16.7 Å². The zero-order valence-corrected chi connectivity index (χ0v) is 10.1. The lowest BCUT2D eigenvalue weighted by molar-refractivity contribution is 0.141. The van der Waals surface area contributed by atoms with Crippen LogP contribution >= 0.6 is 0 Å². The van der Waals surface area contributed by atoms with Crippen molar-refractivity contribution in [2.75, 3.05) is 20.3 Å². The summed E-state index contributed by atoms with van der Waals surface area (Å²) < 4.78 is 5.26. The summed E-state index contributed by atoms with van der Waals surface area (Å²) >= 11 is 0. The topological polar surface area (TPSA) is 35.2 Å². The fraction of sp³-hybridized carbons (Fsp3) is 0.538. The fourth-order valence-corrected chi connectivity index (χ4v) is 2.06. The number of hydrogen-bond acceptors (Lipinski definition) is 2. The van der Waals surface area contributed by atoms with E-state index in [4.69, 9.17) is 10.5 Å². The van der Waals surface area contributed by atoms with Crippen LogP contribution in [0.2, 0.25) is 0 Å². The Labute approximate surface area is 92.4 Å². The monoisotopic (exact) mass is 207 g/mol. The van der Waals surface area contributed by atoms with Crippen LogP contribution in [0.4, 0.5) is 0 Å². The Morgan fingerprint density at radius 1 is 1.33 bits per heavy atom. The third-order valence-corrected chi connectivity index (χ3v) is 2.95. The molecule has 1 unspecified atom stereocenters. The third kappa shape index (κ3) is 2.58. The minimum atomic E-state index is -0.0769. The van der Waals surface area contributed by atoms with Gasteiger partial charge in [-0.2, -0.15) is 0 Å². The second-order valence-electron chi connectivity index (χ2n) is 4.52. The number of rotatable bonds is 4. The molecule has 0 aliphatic rings. The summed E-state index contributed by atoms with van der Waals surface area (Å²) in [4.78, 5) is 0. The van der Waals surface area contributed by atoms with E-state index in [0.29, 0.717) is 13.2 Å². The molecular formula is C13H21NO. The molecule has 2 heteroatoms. The standard InChI is InChI=1S/C13H21NO/c1-10-5-6-12(11(2)7-10)13(3,8-14)9-15-4/h5-7H,8-9,14H2,1-4H3. The van der Waals surface area contributed by atoms with Crippen molar-refractivity contribution in [1.82, 2.24) is 0 Å². The Morgan fingerprint density at radius 2 is 2.00 bits per heavy atom. The molecule has 0 spiro atoms. The Bertz CT molecular complexity index is 335. The van der Waals surface area contributed by atoms with Crippen LogP contribution in [0.5, 0.6) is 0 Å². The highest BCUT2D eigenvalue weighted by molar-refractivity contribution is 5.36. The van der Waals surface area contributed by atoms with E-state index in [2.05, 4.69) is 39.0 Å². The SMILES string of the molecule is COCC(C)(CN)c1ccc(C)cc1C. The molecule has 0 fully saturated rings. The van der Waals surface area contributed by atoms with Gasteiger partial charge in [0.2, 0.25) is 0 Å². The predicted molar refractivity (Wildman–Crippen MR) is 64.2 cm³/mol. The van der Waals surface area contributed by atoms with Crippen LogP contribution in [0.3, 0.4) is 0 Å². The van der Waals surface area contributed by atoms with Crippen LogP contribution in [0.1, 0.15) is 23.6 Å². The van der Waals surface area contributed by atoms with Gasteiger partial charge in [-0.3, -0.25) is 0 Å². The van der Waals surface area contributed by atoms with Crippen molar-refractivity contribution in [3.05, 3.63) is 34.9 Å². The number of nitrogens with two attached hydrogens (primary N) is 1. The summed E-state index contributed by atoms with van der Waals surface area (Å²) in [6.45, 7) is 7.64. The number of aryl methyl sites for hydroxylation is 2. The Hall–Kier alpha value is -0.860. The number of ether oxygens (including phenoxy) is 1. The molecular weight excluding hydrogens is 186 g/mol. The van der Waals surface area contributed by atoms with Crippen molar-refractivity contribution >= 4 is 0 Å². The molecule has 0 radical (unpaired) electrons. The fourth-order valence-electron chi connectivity index (χ4n) is 2.06. The molecule has 1 aromatic carbocycles. The van der Waals surface area contributed by atoms with Gasteiger partial charge in [0, 0.05) is 19.1 Å². The molecule has 0 heterocycles. The maximum Gasteiger partial charge on any atom is 0.0568 e. The summed E-state index contributed by atoms with van der Waals surface area (Å²) in [6.07, 6.45) is 0. The molecule has 0 aliphatic carbocycles. The lowest BCUT2D eigenvalue weighted by Crippen LogP contribution is -2.37. The summed E-state index contributed by atoms with van der Waals surface area (Å²) in [5.74, 6) is 0. The Balaban J connectivity index is 3.12. The minimum Gasteiger partial charge on any atom is -0.384 e. The predicted octanol–water partition coefficient (Wildman–Crippen LogP) is 2.17. The second kappa shape index (κ2) is 4.77. The van der Waals surface area contributed by atoms with E-state index in [-0.39, 0.29) is 5.41 Å². The highest BCUT2D eigenvalue weighted by atomic mass is 16.5. The van der Waals surface area contributed by atoms with E-state index in [1.807, 2.05) is 0 Å². The van der Waals surface area contributed by atoms with Crippen LogP contribution in [-0.2, 0) is 10.2 Å². The number of benzene rings is 1. The van der Waals surface area contributed by atoms with E-state index in [9.17, 15) is 0 Å². The summed E-state index contributed by atoms with van der Waals surface area (Å²) in [7, 11) is 1.72. The quantitative estimate of drug-likeness (QED) is 0.821. The van der Waals surface area contributed by atoms with Crippen LogP contribution in [0.15, 0.2) is 18.2 Å². The average Bonchev–Trinajstić information content (AvgIpc) is 2.17. The van der Waals surface area contributed by atoms with Crippen LogP contribution in [0.25, 0.3) is 0 Å². The van der Waals surface area contributed by atoms with Gasteiger partial charge in [0.05, 0.1) is 6.61 Å². The first-order valence-corrected chi connectivity index (χ1v) is 5.30. The van der Waals surface area contributed by atoms with Gasteiger partial charge in [-0.15, -0.1) is 0 Å². The minimum absolute atomic E-state index is 0.0769. The first kappa shape index (κ1) is 12.2. The smallest absolute Gasteiger partial charge is 0.0568 e. The maximum atomic E-state index is 5.85. The van der Waals surface area contributed by atoms with Gasteiger partial charge < -0.3 is 10.5 Å². The van der Waals surface area contributed by atoms with Gasteiger partial charge in [-0.1, -0.05) is 30.7 Å². The number of hydrogen-bond donors (Lipinski definition) is 1. The first-order valence-electron chi connectivity index (χ1n) is 5.30. The van der Waals surface area contributed by atoms with Crippen molar-refractivity contribution < 1.29 is 4.74 Å². The molecule has 0 saturated carbocycles. The van der Waals surface area contributed by atoms with Crippen molar-refractivity contribution in [3.8, 4) is 0 Å². The van der Waals surface area contributed by atoms with Crippen molar-refractivity contribution in [2.24, 2.45) is 5.73 Å². The normalized spacial score (nSPS) is 15.0. The molecule has 0 aromatic heterocycles. The van der Waals surface area contributed by atoms with Crippen LogP contribution < -0.4 is 5.73 Å². The zero-order chi connectivity index (χ0) is 11.5. The highest BCUT2D eigenvalue weighted by Gasteiger charge is 2.26. The lowest BCUT2D eigenvalue weighted by atomic mass is 9.80. The molecule has 0 bridgehead atoms. The van der Waals surface area contributed by atoms with Gasteiger partial charge in [0.15, 0.2) is 0 Å². The molecule has 0 aliphatic heterocycles. The largest absolute Gasteiger partial charge is 0.384 e. The summed E-state index contributed by atoms with van der Waals surface area (Å²) in [6, 6.07) is 6.49. The van der Waals surface area contributed by atoms with E-state index >= 15 is 0 Å². The molecule has 1 rings (SSSR count). The van der Waals surface area contributed by atoms with Gasteiger partial charge in [0.25, 0.3) is 0 Å². The van der Waals surface area contributed by atoms with Crippen molar-refractivity contribution in [1.29, 1.82) is 0 Å². The van der Waals surface area contributed by atoms with Crippen LogP contribution in [0, 0.1) is 13.8 Å². The molecule has 84 valence electrons. The van der Waals surface area contributed by atoms with Gasteiger partial charge >= 0.3 is 0 Å². The highest BCUT2D eigenvalue weighted by Crippen LogP contribution is 2.26. The second-order valence-corrected chi connectivity index (χ2v) is 4.52. The zero-order valence-electron chi connectivity index (χ0n) is 10.1. The average molecular weight is 207 g/mol. The first-order chi connectivity index (χ1) is 7.03. The molecule has 1 aromatic rings. The summed E-state index contributed by atoms with van der Waals surface area (Å²) in [5.41, 5.74) is 9.64. The molecule has 0 saturated heterocycles.